The predicted octanol–water partition coefficient (Wildman–Crippen LogP) is 2.54. The first-order valence-corrected chi connectivity index (χ1v) is 3.76. The Labute approximate surface area is 73.5 Å². The summed E-state index contributed by atoms with van der Waals surface area (Å²) >= 11 is 0. The predicted molar refractivity (Wildman–Crippen MR) is 39.4 cm³/mol. The zero-order valence-corrected chi connectivity index (χ0v) is 7.75. The Kier molecular flexibility index (Phi) is 11.7. The van der Waals surface area contributed by atoms with Crippen LogP contribution in [0.2, 0.25) is 0 Å². The largest absolute Gasteiger partial charge is 0.300 e. The summed E-state index contributed by atoms with van der Waals surface area (Å²) < 4.78 is 0. The van der Waals surface area contributed by atoms with E-state index in [1.807, 2.05) is 0 Å². The van der Waals surface area contributed by atoms with E-state index in [2.05, 4.69) is 6.92 Å². The minimum absolute atomic E-state index is 0. The molecule has 0 aromatic heterocycles. The van der Waals surface area contributed by atoms with Crippen molar-refractivity contribution >= 4 is 5.78 Å². The van der Waals surface area contributed by atoms with Crippen LogP contribution in [0.3, 0.4) is 0 Å². The smallest absolute Gasteiger partial charge is 0.129 e. The number of carbonyl (C=O) groups excluding carboxylic acids is 1. The summed E-state index contributed by atoms with van der Waals surface area (Å²) in [6.45, 7) is 3.83. The first kappa shape index (κ1) is 12.8. The maximum Gasteiger partial charge on any atom is 0.129 e. The van der Waals surface area contributed by atoms with Crippen LogP contribution in [0.25, 0.3) is 0 Å². The van der Waals surface area contributed by atoms with E-state index in [4.69, 9.17) is 0 Å². The fourth-order valence-corrected chi connectivity index (χ4v) is 0.801. The molecule has 1 nitrogen and oxygen atoms in total. The standard InChI is InChI=1S/C8H16O.Ni/c1-3-4-5-6-7-8(2)9;/h3-7H2,1-2H3;. The van der Waals surface area contributed by atoms with Crippen LogP contribution < -0.4 is 0 Å². The van der Waals surface area contributed by atoms with Crippen molar-refractivity contribution in [2.24, 2.45) is 0 Å². The number of carbonyl (C=O) groups is 1. The summed E-state index contributed by atoms with van der Waals surface area (Å²) in [6.07, 6.45) is 5.60. The fraction of sp³-hybridized carbons (Fsp3) is 0.875. The van der Waals surface area contributed by atoms with Gasteiger partial charge in [-0.25, -0.2) is 0 Å². The van der Waals surface area contributed by atoms with Crippen LogP contribution >= 0.6 is 0 Å². The summed E-state index contributed by atoms with van der Waals surface area (Å²) in [6, 6.07) is 0. The topological polar surface area (TPSA) is 17.1 Å². The average molecular weight is 187 g/mol. The van der Waals surface area contributed by atoms with Crippen molar-refractivity contribution < 1.29 is 21.3 Å². The Morgan fingerprint density at radius 2 is 1.80 bits per heavy atom. The van der Waals surface area contributed by atoms with E-state index in [0.29, 0.717) is 5.78 Å². The maximum absolute atomic E-state index is 10.4. The molecular formula is C8H16NiO. The molecule has 10 heavy (non-hydrogen) atoms. The SMILES string of the molecule is CCCCCCC(C)=O.[Ni]. The van der Waals surface area contributed by atoms with Crippen molar-refractivity contribution in [2.75, 3.05) is 0 Å². The summed E-state index contributed by atoms with van der Waals surface area (Å²) in [5, 5.41) is 0. The van der Waals surface area contributed by atoms with Crippen LogP contribution in [0.1, 0.15) is 46.0 Å². The van der Waals surface area contributed by atoms with Gasteiger partial charge in [0.15, 0.2) is 0 Å². The molecule has 0 aliphatic carbocycles. The van der Waals surface area contributed by atoms with Crippen molar-refractivity contribution in [3.8, 4) is 0 Å². The van der Waals surface area contributed by atoms with Crippen LogP contribution in [0.5, 0.6) is 0 Å². The Morgan fingerprint density at radius 1 is 1.20 bits per heavy atom. The Bertz CT molecular complexity index is 81.3. The zero-order valence-electron chi connectivity index (χ0n) is 6.76. The van der Waals surface area contributed by atoms with Gasteiger partial charge in [-0.15, -0.1) is 0 Å². The molecule has 0 saturated carbocycles. The molecule has 0 fully saturated rings. The molecule has 0 atom stereocenters. The van der Waals surface area contributed by atoms with Gasteiger partial charge >= 0.3 is 0 Å². The van der Waals surface area contributed by atoms with Crippen molar-refractivity contribution in [3.63, 3.8) is 0 Å². The van der Waals surface area contributed by atoms with Gasteiger partial charge in [0.2, 0.25) is 0 Å². The van der Waals surface area contributed by atoms with Crippen LogP contribution in [-0.4, -0.2) is 5.78 Å². The second kappa shape index (κ2) is 9.16. The number of unbranched alkanes of at least 4 members (excludes halogenated alkanes) is 3. The summed E-state index contributed by atoms with van der Waals surface area (Å²) in [7, 11) is 0. The average Bonchev–Trinajstić information content (AvgIpc) is 1.80. The summed E-state index contributed by atoms with van der Waals surface area (Å²) in [5.41, 5.74) is 0. The van der Waals surface area contributed by atoms with Gasteiger partial charge in [0.05, 0.1) is 0 Å². The second-order valence-electron chi connectivity index (χ2n) is 2.51. The quantitative estimate of drug-likeness (QED) is 0.477. The van der Waals surface area contributed by atoms with Gasteiger partial charge < -0.3 is 4.79 Å². The van der Waals surface area contributed by atoms with E-state index in [-0.39, 0.29) is 16.5 Å². The molecule has 0 aromatic rings. The van der Waals surface area contributed by atoms with Crippen LogP contribution in [0.4, 0.5) is 0 Å². The third-order valence-corrected chi connectivity index (χ3v) is 1.38. The maximum atomic E-state index is 10.4. The molecule has 0 aliphatic heterocycles. The molecular weight excluding hydrogens is 171 g/mol. The Balaban J connectivity index is 0. The Hall–Kier alpha value is 0.164. The first-order chi connectivity index (χ1) is 4.27. The van der Waals surface area contributed by atoms with Crippen LogP contribution in [0, 0.1) is 0 Å². The molecule has 0 saturated heterocycles. The van der Waals surface area contributed by atoms with Crippen molar-refractivity contribution in [1.82, 2.24) is 0 Å². The summed E-state index contributed by atoms with van der Waals surface area (Å²) in [4.78, 5) is 10.4. The molecule has 0 aliphatic rings. The van der Waals surface area contributed by atoms with Gasteiger partial charge in [0.25, 0.3) is 0 Å². The van der Waals surface area contributed by atoms with Crippen molar-refractivity contribution in [3.05, 3.63) is 0 Å². The molecule has 0 N–H and O–H groups in total. The minimum Gasteiger partial charge on any atom is -0.300 e. The molecule has 0 heterocycles. The van der Waals surface area contributed by atoms with Gasteiger partial charge in [-0.2, -0.15) is 0 Å². The van der Waals surface area contributed by atoms with Gasteiger partial charge in [0.1, 0.15) is 5.78 Å². The molecule has 0 amide bonds. The van der Waals surface area contributed by atoms with E-state index in [1.54, 1.807) is 6.92 Å². The van der Waals surface area contributed by atoms with Crippen LogP contribution in [0.15, 0.2) is 0 Å². The van der Waals surface area contributed by atoms with E-state index in [0.717, 1.165) is 12.8 Å². The first-order valence-electron chi connectivity index (χ1n) is 3.76. The molecule has 0 spiro atoms. The van der Waals surface area contributed by atoms with E-state index in [9.17, 15) is 4.79 Å². The van der Waals surface area contributed by atoms with E-state index >= 15 is 0 Å². The number of Topliss-reactive ketones (excluding diaryl/α,β-unsaturated/α-hetero) is 1. The number of hydrogen-bond donors (Lipinski definition) is 0. The van der Waals surface area contributed by atoms with Crippen LogP contribution in [-0.2, 0) is 21.3 Å². The number of rotatable bonds is 5. The van der Waals surface area contributed by atoms with Crippen molar-refractivity contribution in [2.45, 2.75) is 46.0 Å². The minimum atomic E-state index is 0. The molecule has 2 heteroatoms. The molecule has 0 bridgehead atoms. The molecule has 0 unspecified atom stereocenters. The van der Waals surface area contributed by atoms with Gasteiger partial charge in [-0.1, -0.05) is 26.2 Å². The van der Waals surface area contributed by atoms with Crippen molar-refractivity contribution in [1.29, 1.82) is 0 Å². The Morgan fingerprint density at radius 3 is 2.20 bits per heavy atom. The summed E-state index contributed by atoms with van der Waals surface area (Å²) in [5.74, 6) is 0.325. The van der Waals surface area contributed by atoms with Gasteiger partial charge in [0, 0.05) is 22.9 Å². The third-order valence-electron chi connectivity index (χ3n) is 1.38. The van der Waals surface area contributed by atoms with Gasteiger partial charge in [-0.3, -0.25) is 0 Å². The van der Waals surface area contributed by atoms with E-state index < -0.39 is 0 Å². The normalized spacial score (nSPS) is 8.60. The second-order valence-corrected chi connectivity index (χ2v) is 2.51. The number of hydrogen-bond acceptors (Lipinski definition) is 1. The van der Waals surface area contributed by atoms with Gasteiger partial charge in [-0.05, 0) is 13.3 Å². The molecule has 64 valence electrons. The molecule has 0 rings (SSSR count). The van der Waals surface area contributed by atoms with E-state index in [1.165, 1.54) is 19.3 Å². The molecule has 0 aromatic carbocycles. The number of ketones is 1. The third kappa shape index (κ3) is 11.0. The fourth-order valence-electron chi connectivity index (χ4n) is 0.801. The molecule has 0 radical (unpaired) electrons. The zero-order chi connectivity index (χ0) is 7.11. The monoisotopic (exact) mass is 186 g/mol.